The Balaban J connectivity index is 1.63. The van der Waals surface area contributed by atoms with E-state index in [0.29, 0.717) is 11.6 Å². The first-order valence-electron chi connectivity index (χ1n) is 6.64. The molecule has 1 aliphatic rings. The van der Waals surface area contributed by atoms with Crippen LogP contribution in [0.2, 0.25) is 5.02 Å². The normalized spacial score (nSPS) is 19.8. The predicted molar refractivity (Wildman–Crippen MR) is 80.9 cm³/mol. The maximum absolute atomic E-state index is 9.42. The highest BCUT2D eigenvalue weighted by Crippen LogP contribution is 2.31. The molecule has 0 amide bonds. The first-order chi connectivity index (χ1) is 9.16. The van der Waals surface area contributed by atoms with Crippen LogP contribution >= 0.6 is 27.5 Å². The molecule has 0 aromatic heterocycles. The Kier molecular flexibility index (Phi) is 5.95. The van der Waals surface area contributed by atoms with Gasteiger partial charge in [-0.2, -0.15) is 0 Å². The van der Waals surface area contributed by atoms with Crippen LogP contribution in [0, 0.1) is 0 Å². The molecule has 0 saturated carbocycles. The Morgan fingerprint density at radius 3 is 3.00 bits per heavy atom. The molecule has 1 saturated heterocycles. The fourth-order valence-corrected chi connectivity index (χ4v) is 2.76. The zero-order valence-corrected chi connectivity index (χ0v) is 13.2. The first kappa shape index (κ1) is 15.1. The molecule has 2 rings (SSSR count). The van der Waals surface area contributed by atoms with E-state index in [4.69, 9.17) is 16.3 Å². The van der Waals surface area contributed by atoms with Crippen LogP contribution in [-0.4, -0.2) is 42.4 Å². The number of aliphatic hydroxyl groups excluding tert-OH is 1. The van der Waals surface area contributed by atoms with E-state index in [1.807, 2.05) is 18.2 Å². The summed E-state index contributed by atoms with van der Waals surface area (Å²) in [7, 11) is 0. The third kappa shape index (κ3) is 4.63. The van der Waals surface area contributed by atoms with E-state index in [0.717, 1.165) is 49.1 Å². The van der Waals surface area contributed by atoms with Crippen molar-refractivity contribution in [3.8, 4) is 5.75 Å². The zero-order chi connectivity index (χ0) is 13.7. The summed E-state index contributed by atoms with van der Waals surface area (Å²) in [6.45, 7) is 3.54. The molecule has 0 spiro atoms. The van der Waals surface area contributed by atoms with Gasteiger partial charge in [-0.25, -0.2) is 0 Å². The number of aliphatic hydroxyl groups is 1. The molecule has 1 aliphatic heterocycles. The lowest BCUT2D eigenvalue weighted by atomic mass is 10.3. The fraction of sp³-hybridized carbons (Fsp3) is 0.571. The highest BCUT2D eigenvalue weighted by molar-refractivity contribution is 9.10. The lowest BCUT2D eigenvalue weighted by Crippen LogP contribution is -2.23. The average Bonchev–Trinajstić information content (AvgIpc) is 2.80. The maximum Gasteiger partial charge on any atom is 0.139 e. The van der Waals surface area contributed by atoms with Crippen molar-refractivity contribution in [1.29, 1.82) is 0 Å². The molecule has 19 heavy (non-hydrogen) atoms. The number of benzene rings is 1. The van der Waals surface area contributed by atoms with E-state index in [1.165, 1.54) is 0 Å². The Labute approximate surface area is 127 Å². The van der Waals surface area contributed by atoms with Gasteiger partial charge in [-0.1, -0.05) is 17.7 Å². The molecule has 3 nitrogen and oxygen atoms in total. The Bertz CT molecular complexity index is 416. The second-order valence-electron chi connectivity index (χ2n) is 4.85. The monoisotopic (exact) mass is 347 g/mol. The van der Waals surface area contributed by atoms with E-state index < -0.39 is 0 Å². The second kappa shape index (κ2) is 7.48. The van der Waals surface area contributed by atoms with Gasteiger partial charge in [0.2, 0.25) is 0 Å². The van der Waals surface area contributed by atoms with Gasteiger partial charge in [0.15, 0.2) is 0 Å². The molecule has 0 radical (unpaired) electrons. The first-order valence-corrected chi connectivity index (χ1v) is 7.81. The topological polar surface area (TPSA) is 32.7 Å². The minimum atomic E-state index is -0.128. The van der Waals surface area contributed by atoms with Gasteiger partial charge in [0, 0.05) is 17.6 Å². The van der Waals surface area contributed by atoms with Gasteiger partial charge in [0.05, 0.1) is 17.7 Å². The van der Waals surface area contributed by atoms with Crippen LogP contribution in [0.3, 0.4) is 0 Å². The van der Waals surface area contributed by atoms with Crippen molar-refractivity contribution in [1.82, 2.24) is 4.90 Å². The van der Waals surface area contributed by atoms with E-state index in [1.54, 1.807) is 0 Å². The molecule has 1 N–H and O–H groups in total. The van der Waals surface area contributed by atoms with Crippen LogP contribution in [0.1, 0.15) is 19.3 Å². The van der Waals surface area contributed by atoms with Crippen molar-refractivity contribution in [3.63, 3.8) is 0 Å². The highest BCUT2D eigenvalue weighted by Gasteiger charge is 2.18. The number of rotatable bonds is 6. The number of halogens is 2. The predicted octanol–water partition coefficient (Wildman–Crippen LogP) is 3.33. The smallest absolute Gasteiger partial charge is 0.139 e. The van der Waals surface area contributed by atoms with Crippen LogP contribution < -0.4 is 4.74 Å². The Hall–Kier alpha value is -0.290. The second-order valence-corrected chi connectivity index (χ2v) is 6.08. The highest BCUT2D eigenvalue weighted by atomic mass is 79.9. The lowest BCUT2D eigenvalue weighted by Gasteiger charge is -2.14. The van der Waals surface area contributed by atoms with Crippen molar-refractivity contribution in [2.24, 2.45) is 0 Å². The van der Waals surface area contributed by atoms with Crippen molar-refractivity contribution < 1.29 is 9.84 Å². The maximum atomic E-state index is 9.42. The summed E-state index contributed by atoms with van der Waals surface area (Å²) < 4.78 is 6.53. The summed E-state index contributed by atoms with van der Waals surface area (Å²) in [5, 5.41) is 10.1. The molecule has 0 bridgehead atoms. The van der Waals surface area contributed by atoms with Gasteiger partial charge in [-0.15, -0.1) is 0 Å². The molecule has 1 unspecified atom stereocenters. The fourth-order valence-electron chi connectivity index (χ4n) is 2.23. The van der Waals surface area contributed by atoms with Gasteiger partial charge in [0.1, 0.15) is 5.75 Å². The minimum absolute atomic E-state index is 0.128. The van der Waals surface area contributed by atoms with Gasteiger partial charge in [-0.3, -0.25) is 0 Å². The molecule has 1 aromatic rings. The molecule has 106 valence electrons. The molecule has 1 atom stereocenters. The van der Waals surface area contributed by atoms with Crippen LogP contribution in [0.5, 0.6) is 5.75 Å². The van der Waals surface area contributed by atoms with Crippen molar-refractivity contribution in [2.75, 3.05) is 26.2 Å². The van der Waals surface area contributed by atoms with Crippen LogP contribution in [0.25, 0.3) is 0 Å². The molecule has 0 aliphatic carbocycles. The van der Waals surface area contributed by atoms with Gasteiger partial charge in [0.25, 0.3) is 0 Å². The Morgan fingerprint density at radius 1 is 1.42 bits per heavy atom. The number of β-amino-alcohol motifs (C(OH)–C–C–N with tert-alkyl or cyclic N) is 1. The number of hydrogen-bond acceptors (Lipinski definition) is 3. The molecule has 1 fully saturated rings. The number of nitrogens with zero attached hydrogens (tertiary/aromatic N) is 1. The SMILES string of the molecule is OC1CCN(CCCCOc2cccc(Br)c2Cl)C1. The van der Waals surface area contributed by atoms with Crippen molar-refractivity contribution in [2.45, 2.75) is 25.4 Å². The van der Waals surface area contributed by atoms with Crippen LogP contribution in [0.4, 0.5) is 0 Å². The lowest BCUT2D eigenvalue weighted by molar-refractivity contribution is 0.175. The average molecular weight is 349 g/mol. The largest absolute Gasteiger partial charge is 0.492 e. The third-order valence-electron chi connectivity index (χ3n) is 3.29. The zero-order valence-electron chi connectivity index (χ0n) is 10.8. The van der Waals surface area contributed by atoms with E-state index in [9.17, 15) is 5.11 Å². The quantitative estimate of drug-likeness (QED) is 0.801. The summed E-state index contributed by atoms with van der Waals surface area (Å²) in [5.41, 5.74) is 0. The standard InChI is InChI=1S/C14H19BrClNO2/c15-12-4-3-5-13(14(12)16)19-9-2-1-7-17-8-6-11(18)10-17/h3-5,11,18H,1-2,6-10H2. The van der Waals surface area contributed by atoms with Crippen molar-refractivity contribution in [3.05, 3.63) is 27.7 Å². The minimum Gasteiger partial charge on any atom is -0.492 e. The number of unbranched alkanes of at least 4 members (excludes halogenated alkanes) is 1. The summed E-state index contributed by atoms with van der Waals surface area (Å²) in [5.74, 6) is 0.729. The van der Waals surface area contributed by atoms with Gasteiger partial charge >= 0.3 is 0 Å². The number of likely N-dealkylation sites (tertiary alicyclic amines) is 1. The molecule has 1 aromatic carbocycles. The summed E-state index contributed by atoms with van der Waals surface area (Å²) >= 11 is 9.49. The molecule has 5 heteroatoms. The summed E-state index contributed by atoms with van der Waals surface area (Å²) in [6.07, 6.45) is 2.86. The van der Waals surface area contributed by atoms with Gasteiger partial charge in [-0.05, 0) is 53.9 Å². The molecular weight excluding hydrogens is 330 g/mol. The van der Waals surface area contributed by atoms with Crippen molar-refractivity contribution >= 4 is 27.5 Å². The molecule has 1 heterocycles. The van der Waals surface area contributed by atoms with Gasteiger partial charge < -0.3 is 14.7 Å². The number of hydrogen-bond donors (Lipinski definition) is 1. The van der Waals surface area contributed by atoms with E-state index in [-0.39, 0.29) is 6.10 Å². The van der Waals surface area contributed by atoms with Crippen LogP contribution in [-0.2, 0) is 0 Å². The Morgan fingerprint density at radius 2 is 2.26 bits per heavy atom. The number of ether oxygens (including phenoxy) is 1. The molecular formula is C14H19BrClNO2. The summed E-state index contributed by atoms with van der Waals surface area (Å²) in [4.78, 5) is 2.30. The van der Waals surface area contributed by atoms with E-state index >= 15 is 0 Å². The third-order valence-corrected chi connectivity index (χ3v) is 4.57. The van der Waals surface area contributed by atoms with Crippen LogP contribution in [0.15, 0.2) is 22.7 Å². The summed E-state index contributed by atoms with van der Waals surface area (Å²) in [6, 6.07) is 5.69. The van der Waals surface area contributed by atoms with E-state index in [2.05, 4.69) is 20.8 Å².